The van der Waals surface area contributed by atoms with E-state index in [4.69, 9.17) is 17.3 Å². The summed E-state index contributed by atoms with van der Waals surface area (Å²) in [4.78, 5) is 26.1. The molecule has 3 rings (SSSR count). The number of nitro groups is 1. The minimum atomic E-state index is -0.464. The second-order valence-electron chi connectivity index (χ2n) is 5.91. The largest absolute Gasteiger partial charge is 0.396 e. The summed E-state index contributed by atoms with van der Waals surface area (Å²) in [6.45, 7) is 1.90. The van der Waals surface area contributed by atoms with Gasteiger partial charge < -0.3 is 5.11 Å². The number of thiocarbonyl (C=S) groups is 1. The molecule has 28 heavy (non-hydrogen) atoms. The fraction of sp³-hybridized carbons (Fsp3) is 0.158. The van der Waals surface area contributed by atoms with Crippen LogP contribution in [0.15, 0.2) is 52.3 Å². The lowest BCUT2D eigenvalue weighted by Crippen LogP contribution is -2.27. The highest BCUT2D eigenvalue weighted by Crippen LogP contribution is 2.37. The molecule has 2 aromatic carbocycles. The number of nitro benzene ring substituents is 1. The average molecular weight is 433 g/mol. The van der Waals surface area contributed by atoms with Crippen molar-refractivity contribution < 1.29 is 14.8 Å². The molecule has 144 valence electrons. The lowest BCUT2D eigenvalue weighted by Gasteiger charge is -2.14. The third-order valence-electron chi connectivity index (χ3n) is 3.91. The molecule has 0 bridgehead atoms. The van der Waals surface area contributed by atoms with Crippen LogP contribution >= 0.6 is 35.7 Å². The predicted octanol–water partition coefficient (Wildman–Crippen LogP) is 4.39. The van der Waals surface area contributed by atoms with Crippen molar-refractivity contribution in [1.29, 1.82) is 0 Å². The number of amides is 1. The van der Waals surface area contributed by atoms with Gasteiger partial charge in [-0.3, -0.25) is 19.8 Å². The number of hydrogen-bond donors (Lipinski definition) is 1. The van der Waals surface area contributed by atoms with Crippen molar-refractivity contribution in [3.05, 3.63) is 68.6 Å². The van der Waals surface area contributed by atoms with Crippen LogP contribution in [0.1, 0.15) is 11.1 Å². The summed E-state index contributed by atoms with van der Waals surface area (Å²) in [6.07, 6.45) is 1.61. The van der Waals surface area contributed by atoms with Crippen molar-refractivity contribution in [2.45, 2.75) is 11.8 Å². The molecule has 0 aliphatic carbocycles. The Morgan fingerprint density at radius 3 is 2.64 bits per heavy atom. The van der Waals surface area contributed by atoms with Gasteiger partial charge in [-0.05, 0) is 36.8 Å². The van der Waals surface area contributed by atoms with Gasteiger partial charge in [0, 0.05) is 11.8 Å². The molecule has 0 atom stereocenters. The number of benzene rings is 2. The first-order valence-corrected chi connectivity index (χ1v) is 10.5. The molecule has 1 N–H and O–H groups in total. The van der Waals surface area contributed by atoms with E-state index in [0.29, 0.717) is 31.1 Å². The van der Waals surface area contributed by atoms with E-state index in [-0.39, 0.29) is 18.2 Å². The first kappa shape index (κ1) is 20.5. The van der Waals surface area contributed by atoms with E-state index >= 15 is 0 Å². The third-order valence-corrected chi connectivity index (χ3v) is 6.26. The Labute approximate surface area is 175 Å². The molecule has 1 saturated heterocycles. The fourth-order valence-corrected chi connectivity index (χ4v) is 4.64. The van der Waals surface area contributed by atoms with Gasteiger partial charge in [0.15, 0.2) is 4.32 Å². The van der Waals surface area contributed by atoms with E-state index < -0.39 is 4.92 Å². The predicted molar refractivity (Wildman–Crippen MR) is 118 cm³/mol. The van der Waals surface area contributed by atoms with Crippen LogP contribution in [0.2, 0.25) is 0 Å². The summed E-state index contributed by atoms with van der Waals surface area (Å²) < 4.78 is 0.421. The number of aryl methyl sites for hydroxylation is 1. The quantitative estimate of drug-likeness (QED) is 0.238. The van der Waals surface area contributed by atoms with Crippen LogP contribution in [-0.2, 0) is 4.79 Å². The topological polar surface area (TPSA) is 83.7 Å². The number of nitrogens with zero attached hydrogens (tertiary/aromatic N) is 2. The average Bonchev–Trinajstić information content (AvgIpc) is 2.94. The number of anilines is 1. The molecule has 1 amide bonds. The van der Waals surface area contributed by atoms with Crippen LogP contribution in [0, 0.1) is 17.0 Å². The van der Waals surface area contributed by atoms with Crippen LogP contribution in [0.3, 0.4) is 0 Å². The van der Waals surface area contributed by atoms with Crippen molar-refractivity contribution in [2.24, 2.45) is 0 Å². The molecule has 1 aliphatic heterocycles. The van der Waals surface area contributed by atoms with E-state index in [2.05, 4.69) is 0 Å². The molecule has 0 saturated carbocycles. The van der Waals surface area contributed by atoms with Gasteiger partial charge in [0.1, 0.15) is 0 Å². The minimum Gasteiger partial charge on any atom is -0.396 e. The summed E-state index contributed by atoms with van der Waals surface area (Å²) in [5.74, 6) is 0.121. The molecule has 0 aromatic heterocycles. The molecule has 6 nitrogen and oxygen atoms in total. The summed E-state index contributed by atoms with van der Waals surface area (Å²) in [5, 5.41) is 20.3. The minimum absolute atomic E-state index is 0.0544. The van der Waals surface area contributed by atoms with Crippen molar-refractivity contribution in [3.8, 4) is 0 Å². The zero-order valence-corrected chi connectivity index (χ0v) is 17.3. The Kier molecular flexibility index (Phi) is 6.50. The molecular formula is C19H16N2O4S3. The molecule has 0 unspecified atom stereocenters. The van der Waals surface area contributed by atoms with Gasteiger partial charge in [0.05, 0.1) is 27.0 Å². The molecule has 0 radical (unpaired) electrons. The SMILES string of the molecule is Cc1ccc(N2C(=O)C(=Cc3ccc(SCCO)c([N+](=O)[O-])c3)SC2=S)cc1. The van der Waals surface area contributed by atoms with E-state index in [1.807, 2.05) is 31.2 Å². The monoisotopic (exact) mass is 432 g/mol. The first-order valence-electron chi connectivity index (χ1n) is 8.27. The first-order chi connectivity index (χ1) is 13.4. The number of carbonyl (C=O) groups is 1. The Bertz CT molecular complexity index is 974. The number of carbonyl (C=O) groups excluding carboxylic acids is 1. The van der Waals surface area contributed by atoms with Gasteiger partial charge in [0.2, 0.25) is 0 Å². The smallest absolute Gasteiger partial charge is 0.283 e. The Morgan fingerprint density at radius 1 is 1.29 bits per heavy atom. The molecule has 0 spiro atoms. The zero-order valence-electron chi connectivity index (χ0n) is 14.8. The maximum Gasteiger partial charge on any atom is 0.283 e. The summed E-state index contributed by atoms with van der Waals surface area (Å²) in [7, 11) is 0. The number of aliphatic hydroxyl groups is 1. The lowest BCUT2D eigenvalue weighted by atomic mass is 10.1. The number of hydrogen-bond acceptors (Lipinski definition) is 7. The molecule has 1 fully saturated rings. The van der Waals surface area contributed by atoms with E-state index in [9.17, 15) is 14.9 Å². The van der Waals surface area contributed by atoms with Crippen LogP contribution < -0.4 is 4.90 Å². The van der Waals surface area contributed by atoms with Gasteiger partial charge in [-0.1, -0.05) is 47.7 Å². The molecular weight excluding hydrogens is 416 g/mol. The van der Waals surface area contributed by atoms with Crippen LogP contribution in [0.25, 0.3) is 6.08 Å². The summed E-state index contributed by atoms with van der Waals surface area (Å²) >= 11 is 7.74. The lowest BCUT2D eigenvalue weighted by molar-refractivity contribution is -0.387. The molecule has 1 aliphatic rings. The zero-order chi connectivity index (χ0) is 20.3. The highest BCUT2D eigenvalue weighted by atomic mass is 32.2. The van der Waals surface area contributed by atoms with Gasteiger partial charge in [0.25, 0.3) is 11.6 Å². The van der Waals surface area contributed by atoms with Gasteiger partial charge in [-0.25, -0.2) is 0 Å². The van der Waals surface area contributed by atoms with Gasteiger partial charge in [-0.2, -0.15) is 0 Å². The van der Waals surface area contributed by atoms with Crippen molar-refractivity contribution in [1.82, 2.24) is 0 Å². The molecule has 9 heteroatoms. The standard InChI is InChI=1S/C19H16N2O4S3/c1-12-2-5-14(6-3-12)20-18(23)17(28-19(20)26)11-13-4-7-16(27-9-8-22)15(10-13)21(24)25/h2-7,10-11,22H,8-9H2,1H3. The van der Waals surface area contributed by atoms with Crippen LogP contribution in [0.4, 0.5) is 11.4 Å². The molecule has 1 heterocycles. The number of aliphatic hydroxyl groups excluding tert-OH is 1. The van der Waals surface area contributed by atoms with Crippen molar-refractivity contribution >= 4 is 63.4 Å². The second kappa shape index (κ2) is 8.87. The highest BCUT2D eigenvalue weighted by molar-refractivity contribution is 8.27. The Balaban J connectivity index is 1.90. The summed E-state index contributed by atoms with van der Waals surface area (Å²) in [5.41, 5.74) is 2.26. The Hall–Kier alpha value is -2.20. The maximum absolute atomic E-state index is 12.8. The van der Waals surface area contributed by atoms with Crippen molar-refractivity contribution in [2.75, 3.05) is 17.3 Å². The molecule has 2 aromatic rings. The second-order valence-corrected chi connectivity index (χ2v) is 8.72. The Morgan fingerprint density at radius 2 is 2.00 bits per heavy atom. The van der Waals surface area contributed by atoms with Crippen LogP contribution in [0.5, 0.6) is 0 Å². The van der Waals surface area contributed by atoms with Crippen molar-refractivity contribution in [3.63, 3.8) is 0 Å². The summed E-state index contributed by atoms with van der Waals surface area (Å²) in [6, 6.07) is 12.3. The maximum atomic E-state index is 12.8. The van der Waals surface area contributed by atoms with E-state index in [1.165, 1.54) is 34.5 Å². The third kappa shape index (κ3) is 4.44. The van der Waals surface area contributed by atoms with Crippen LogP contribution in [-0.4, -0.2) is 32.6 Å². The fourth-order valence-electron chi connectivity index (χ4n) is 2.58. The van der Waals surface area contributed by atoms with Gasteiger partial charge >= 0.3 is 0 Å². The number of thioether (sulfide) groups is 2. The van der Waals surface area contributed by atoms with E-state index in [0.717, 1.165) is 5.56 Å². The van der Waals surface area contributed by atoms with E-state index in [1.54, 1.807) is 18.2 Å². The normalized spacial score (nSPS) is 15.5. The number of rotatable bonds is 6. The highest BCUT2D eigenvalue weighted by Gasteiger charge is 2.33. The van der Waals surface area contributed by atoms with Gasteiger partial charge in [-0.15, -0.1) is 11.8 Å².